The van der Waals surface area contributed by atoms with E-state index < -0.39 is 21.9 Å². The lowest BCUT2D eigenvalue weighted by Gasteiger charge is -2.31. The molecule has 2 aromatic carbocycles. The van der Waals surface area contributed by atoms with E-state index in [-0.39, 0.29) is 18.2 Å². The molecule has 0 unspecified atom stereocenters. The molecule has 1 aliphatic heterocycles. The van der Waals surface area contributed by atoms with Gasteiger partial charge in [0, 0.05) is 23.8 Å². The van der Waals surface area contributed by atoms with Crippen molar-refractivity contribution in [2.45, 2.75) is 18.6 Å². The quantitative estimate of drug-likeness (QED) is 0.681. The van der Waals surface area contributed by atoms with Crippen LogP contribution in [-0.4, -0.2) is 44.8 Å². The Kier molecular flexibility index (Phi) is 7.12. The highest BCUT2D eigenvalue weighted by atomic mass is 35.5. The number of anilines is 1. The van der Waals surface area contributed by atoms with E-state index >= 15 is 0 Å². The van der Waals surface area contributed by atoms with Crippen molar-refractivity contribution in [2.75, 3.05) is 25.5 Å². The number of hydrogen-bond acceptors (Lipinski definition) is 5. The number of piperidine rings is 1. The Morgan fingerprint density at radius 2 is 1.93 bits per heavy atom. The molecule has 1 saturated heterocycles. The summed E-state index contributed by atoms with van der Waals surface area (Å²) in [6, 6.07) is 13.1. The molecule has 2 aromatic rings. The number of nitrogens with one attached hydrogen (secondary N) is 1. The molecule has 1 N–H and O–H groups in total. The highest BCUT2D eigenvalue weighted by Gasteiger charge is 2.32. The monoisotopic (exact) mass is 450 g/mol. The number of hydrogen-bond donors (Lipinski definition) is 1. The molecule has 1 atom stereocenters. The molecule has 1 aliphatic rings. The summed E-state index contributed by atoms with van der Waals surface area (Å²) in [5.74, 6) is -1.38. The van der Waals surface area contributed by atoms with E-state index in [1.165, 1.54) is 17.5 Å². The van der Waals surface area contributed by atoms with Crippen molar-refractivity contribution in [1.82, 2.24) is 4.31 Å². The first-order valence-corrected chi connectivity index (χ1v) is 11.5. The Morgan fingerprint density at radius 3 is 2.63 bits per heavy atom. The topological polar surface area (TPSA) is 92.8 Å². The fraction of sp³-hybridized carbons (Fsp3) is 0.333. The average molecular weight is 451 g/mol. The zero-order valence-corrected chi connectivity index (χ0v) is 18.1. The van der Waals surface area contributed by atoms with Gasteiger partial charge in [0.05, 0.1) is 24.3 Å². The second kappa shape index (κ2) is 9.59. The maximum Gasteiger partial charge on any atom is 0.337 e. The standard InChI is InChI=1S/C21H23ClN2O5S/c1-29-21(26)16-4-2-6-19(12-16)23-20(25)17-5-3-11-24(13-17)30(27,28)14-15-7-9-18(22)10-8-15/h2,4,6-10,12,17H,3,5,11,13-14H2,1H3,(H,23,25)/t17-/m1/s1. The lowest BCUT2D eigenvalue weighted by molar-refractivity contribution is -0.120. The summed E-state index contributed by atoms with van der Waals surface area (Å²) in [7, 11) is -2.27. The summed E-state index contributed by atoms with van der Waals surface area (Å²) in [6.07, 6.45) is 1.19. The van der Waals surface area contributed by atoms with Crippen molar-refractivity contribution in [3.63, 3.8) is 0 Å². The van der Waals surface area contributed by atoms with Crippen LogP contribution < -0.4 is 5.32 Å². The van der Waals surface area contributed by atoms with Gasteiger partial charge in [-0.05, 0) is 48.7 Å². The molecule has 160 valence electrons. The maximum absolute atomic E-state index is 12.8. The Bertz CT molecular complexity index is 1020. The molecule has 0 aliphatic carbocycles. The summed E-state index contributed by atoms with van der Waals surface area (Å²) >= 11 is 5.86. The van der Waals surface area contributed by atoms with Crippen molar-refractivity contribution in [3.05, 3.63) is 64.7 Å². The number of methoxy groups -OCH3 is 1. The SMILES string of the molecule is COC(=O)c1cccc(NC(=O)[C@@H]2CCCN(S(=O)(=O)Cc3ccc(Cl)cc3)C2)c1. The van der Waals surface area contributed by atoms with E-state index in [9.17, 15) is 18.0 Å². The van der Waals surface area contributed by atoms with E-state index in [0.29, 0.717) is 41.2 Å². The Hall–Kier alpha value is -2.42. The van der Waals surface area contributed by atoms with Gasteiger partial charge in [-0.1, -0.05) is 29.8 Å². The van der Waals surface area contributed by atoms with Crippen LogP contribution in [0.1, 0.15) is 28.8 Å². The first-order chi connectivity index (χ1) is 14.3. The van der Waals surface area contributed by atoms with Gasteiger partial charge in [0.25, 0.3) is 0 Å². The zero-order chi connectivity index (χ0) is 21.7. The van der Waals surface area contributed by atoms with Crippen LogP contribution in [0.2, 0.25) is 5.02 Å². The first kappa shape index (κ1) is 22.3. The maximum atomic E-state index is 12.8. The first-order valence-electron chi connectivity index (χ1n) is 9.50. The molecular weight excluding hydrogens is 428 g/mol. The van der Waals surface area contributed by atoms with Crippen LogP contribution in [0.25, 0.3) is 0 Å². The summed E-state index contributed by atoms with van der Waals surface area (Å²) in [5, 5.41) is 3.32. The Labute approximate surface area is 181 Å². The number of sulfonamides is 1. The molecule has 1 fully saturated rings. The fourth-order valence-corrected chi connectivity index (χ4v) is 5.11. The Morgan fingerprint density at radius 1 is 1.20 bits per heavy atom. The molecule has 9 heteroatoms. The Balaban J connectivity index is 1.65. The third-order valence-corrected chi connectivity index (χ3v) is 7.03. The van der Waals surface area contributed by atoms with Crippen molar-refractivity contribution >= 4 is 39.2 Å². The van der Waals surface area contributed by atoms with Crippen LogP contribution >= 0.6 is 11.6 Å². The largest absolute Gasteiger partial charge is 0.465 e. The molecule has 0 bridgehead atoms. The minimum absolute atomic E-state index is 0.123. The van der Waals surface area contributed by atoms with Crippen LogP contribution in [0.4, 0.5) is 5.69 Å². The summed E-state index contributed by atoms with van der Waals surface area (Å²) < 4.78 is 31.7. The normalized spacial score (nSPS) is 17.3. The average Bonchev–Trinajstić information content (AvgIpc) is 2.75. The van der Waals surface area contributed by atoms with Crippen LogP contribution in [0.15, 0.2) is 48.5 Å². The van der Waals surface area contributed by atoms with Crippen LogP contribution in [0, 0.1) is 5.92 Å². The number of nitrogens with zero attached hydrogens (tertiary/aromatic N) is 1. The van der Waals surface area contributed by atoms with Gasteiger partial charge in [-0.3, -0.25) is 4.79 Å². The molecule has 0 aromatic heterocycles. The summed E-state index contributed by atoms with van der Waals surface area (Å²) in [4.78, 5) is 24.4. The molecule has 7 nitrogen and oxygen atoms in total. The predicted molar refractivity (Wildman–Crippen MR) is 115 cm³/mol. The molecule has 1 amide bonds. The number of amides is 1. The lowest BCUT2D eigenvalue weighted by Crippen LogP contribution is -2.44. The second-order valence-electron chi connectivity index (χ2n) is 7.14. The highest BCUT2D eigenvalue weighted by Crippen LogP contribution is 2.23. The summed E-state index contributed by atoms with van der Waals surface area (Å²) in [5.41, 5.74) is 1.43. The number of esters is 1. The van der Waals surface area contributed by atoms with Gasteiger partial charge in [-0.25, -0.2) is 17.5 Å². The molecule has 1 heterocycles. The van der Waals surface area contributed by atoms with Crippen LogP contribution in [0.5, 0.6) is 0 Å². The van der Waals surface area contributed by atoms with E-state index in [2.05, 4.69) is 10.1 Å². The molecule has 30 heavy (non-hydrogen) atoms. The zero-order valence-electron chi connectivity index (χ0n) is 16.5. The molecule has 0 saturated carbocycles. The third-order valence-electron chi connectivity index (χ3n) is 4.96. The molecular formula is C21H23ClN2O5S. The molecule has 3 rings (SSSR count). The van der Waals surface area contributed by atoms with E-state index in [0.717, 1.165) is 0 Å². The van der Waals surface area contributed by atoms with Crippen molar-refractivity contribution in [2.24, 2.45) is 5.92 Å². The predicted octanol–water partition coefficient (Wildman–Crippen LogP) is 3.31. The van der Waals surface area contributed by atoms with Gasteiger partial charge in [0.1, 0.15) is 0 Å². The van der Waals surface area contributed by atoms with E-state index in [4.69, 9.17) is 11.6 Å². The van der Waals surface area contributed by atoms with Gasteiger partial charge in [0.15, 0.2) is 0 Å². The summed E-state index contributed by atoms with van der Waals surface area (Å²) in [6.45, 7) is 0.510. The second-order valence-corrected chi connectivity index (χ2v) is 9.55. The van der Waals surface area contributed by atoms with E-state index in [1.54, 1.807) is 42.5 Å². The number of benzene rings is 2. The number of ether oxygens (including phenoxy) is 1. The number of rotatable bonds is 6. The van der Waals surface area contributed by atoms with Gasteiger partial charge in [0.2, 0.25) is 15.9 Å². The van der Waals surface area contributed by atoms with Gasteiger partial charge < -0.3 is 10.1 Å². The lowest BCUT2D eigenvalue weighted by atomic mass is 9.98. The van der Waals surface area contributed by atoms with Crippen LogP contribution in [0.3, 0.4) is 0 Å². The highest BCUT2D eigenvalue weighted by molar-refractivity contribution is 7.88. The van der Waals surface area contributed by atoms with Gasteiger partial charge >= 0.3 is 5.97 Å². The minimum Gasteiger partial charge on any atom is -0.465 e. The van der Waals surface area contributed by atoms with E-state index in [1.807, 2.05) is 0 Å². The van der Waals surface area contributed by atoms with Crippen molar-refractivity contribution < 1.29 is 22.7 Å². The van der Waals surface area contributed by atoms with Gasteiger partial charge in [-0.2, -0.15) is 0 Å². The minimum atomic E-state index is -3.56. The van der Waals surface area contributed by atoms with Gasteiger partial charge in [-0.15, -0.1) is 0 Å². The third kappa shape index (κ3) is 5.59. The van der Waals surface area contributed by atoms with Crippen molar-refractivity contribution in [1.29, 1.82) is 0 Å². The molecule has 0 radical (unpaired) electrons. The smallest absolute Gasteiger partial charge is 0.337 e. The van der Waals surface area contributed by atoms with Crippen molar-refractivity contribution in [3.8, 4) is 0 Å². The van der Waals surface area contributed by atoms with Crippen LogP contribution in [-0.2, 0) is 25.3 Å². The fourth-order valence-electron chi connectivity index (χ4n) is 3.38. The molecule has 0 spiro atoms. The number of carbonyl (C=O) groups is 2. The number of carbonyl (C=O) groups excluding carboxylic acids is 2. The number of halogens is 1.